The van der Waals surface area contributed by atoms with Gasteiger partial charge < -0.3 is 4.74 Å². The van der Waals surface area contributed by atoms with Crippen LogP contribution in [0.2, 0.25) is 10.0 Å². The van der Waals surface area contributed by atoms with Gasteiger partial charge in [-0.3, -0.25) is 4.57 Å². The average Bonchev–Trinajstić information content (AvgIpc) is 3.42. The molecule has 0 spiro atoms. The van der Waals surface area contributed by atoms with Crippen molar-refractivity contribution < 1.29 is 4.74 Å². The minimum absolute atomic E-state index is 0.363. The van der Waals surface area contributed by atoms with Crippen LogP contribution in [0.15, 0.2) is 65.7 Å². The maximum Gasteiger partial charge on any atom is 0.192 e. The Morgan fingerprint density at radius 3 is 2.82 bits per heavy atom. The molecule has 0 aliphatic rings. The van der Waals surface area contributed by atoms with Crippen LogP contribution in [0.1, 0.15) is 30.1 Å². The van der Waals surface area contributed by atoms with Crippen molar-refractivity contribution >= 4 is 46.3 Å². The second-order valence-electron chi connectivity index (χ2n) is 7.38. The molecule has 0 aliphatic heterocycles. The van der Waals surface area contributed by atoms with Gasteiger partial charge in [0.25, 0.3) is 0 Å². The van der Waals surface area contributed by atoms with Crippen molar-refractivity contribution in [2.75, 3.05) is 0 Å². The van der Waals surface area contributed by atoms with Gasteiger partial charge in [0, 0.05) is 28.3 Å². The van der Waals surface area contributed by atoms with Crippen LogP contribution in [0.4, 0.5) is 0 Å². The topological polar surface area (TPSA) is 52.8 Å². The number of aromatic nitrogens is 4. The first kappa shape index (κ1) is 23.8. The Balaban J connectivity index is 1.48. The standard InChI is InChI=1S/C24H22Cl2N4OS2/c1-4-10-30-22(16(3)31-21-9-8-18(25)12-20(21)26)28-29-24(30)33-14-19-13-32-23(27-19)17-7-5-6-15(2)11-17/h4-9,11-13,16H,1,10,14H2,2-3H3. The van der Waals surface area contributed by atoms with Gasteiger partial charge in [-0.15, -0.1) is 28.1 Å². The van der Waals surface area contributed by atoms with Gasteiger partial charge in [0.15, 0.2) is 17.1 Å². The minimum atomic E-state index is -0.363. The highest BCUT2D eigenvalue weighted by Crippen LogP contribution is 2.33. The largest absolute Gasteiger partial charge is 0.481 e. The molecule has 0 bridgehead atoms. The SMILES string of the molecule is C=CCn1c(SCc2csc(-c3cccc(C)c3)n2)nnc1C(C)Oc1ccc(Cl)cc1Cl. The molecule has 33 heavy (non-hydrogen) atoms. The van der Waals surface area contributed by atoms with Crippen LogP contribution in [0.3, 0.4) is 0 Å². The zero-order valence-corrected chi connectivity index (χ0v) is 21.3. The van der Waals surface area contributed by atoms with Crippen LogP contribution in [0, 0.1) is 6.92 Å². The number of hydrogen-bond acceptors (Lipinski definition) is 6. The van der Waals surface area contributed by atoms with E-state index in [0.717, 1.165) is 21.4 Å². The van der Waals surface area contributed by atoms with Crippen LogP contribution < -0.4 is 4.74 Å². The highest BCUT2D eigenvalue weighted by atomic mass is 35.5. The van der Waals surface area contributed by atoms with Crippen LogP contribution in [-0.2, 0) is 12.3 Å². The van der Waals surface area contributed by atoms with Gasteiger partial charge in [-0.1, -0.05) is 64.8 Å². The minimum Gasteiger partial charge on any atom is -0.481 e. The predicted molar refractivity (Wildman–Crippen MR) is 138 cm³/mol. The van der Waals surface area contributed by atoms with Crippen LogP contribution in [-0.4, -0.2) is 19.7 Å². The van der Waals surface area contributed by atoms with E-state index in [2.05, 4.69) is 53.3 Å². The van der Waals surface area contributed by atoms with Crippen molar-refractivity contribution in [3.8, 4) is 16.3 Å². The third-order valence-electron chi connectivity index (χ3n) is 4.78. The number of thiazole rings is 1. The Morgan fingerprint density at radius 1 is 1.21 bits per heavy atom. The first-order chi connectivity index (χ1) is 15.9. The van der Waals surface area contributed by atoms with Crippen LogP contribution in [0.25, 0.3) is 10.6 Å². The molecule has 5 nitrogen and oxygen atoms in total. The number of benzene rings is 2. The predicted octanol–water partition coefficient (Wildman–Crippen LogP) is 7.64. The van der Waals surface area contributed by atoms with Gasteiger partial charge in [0.05, 0.1) is 10.7 Å². The zero-order valence-electron chi connectivity index (χ0n) is 18.2. The summed E-state index contributed by atoms with van der Waals surface area (Å²) >= 11 is 15.5. The molecule has 2 aromatic carbocycles. The first-order valence-corrected chi connectivity index (χ1v) is 12.9. The van der Waals surface area contributed by atoms with Gasteiger partial charge in [0.2, 0.25) is 0 Å². The maximum atomic E-state index is 6.26. The number of halogens is 2. The van der Waals surface area contributed by atoms with E-state index in [1.54, 1.807) is 41.3 Å². The van der Waals surface area contributed by atoms with Gasteiger partial charge in [-0.25, -0.2) is 4.98 Å². The Hall–Kier alpha value is -2.32. The number of hydrogen-bond donors (Lipinski definition) is 0. The molecule has 2 heterocycles. The number of thioether (sulfide) groups is 1. The molecule has 2 aromatic heterocycles. The molecule has 0 aliphatic carbocycles. The summed E-state index contributed by atoms with van der Waals surface area (Å²) in [6.07, 6.45) is 1.45. The summed E-state index contributed by atoms with van der Waals surface area (Å²) in [5.74, 6) is 1.93. The van der Waals surface area contributed by atoms with Gasteiger partial charge >= 0.3 is 0 Å². The third-order valence-corrected chi connectivity index (χ3v) is 7.26. The Kier molecular flexibility index (Phi) is 7.75. The molecular formula is C24H22Cl2N4OS2. The zero-order chi connectivity index (χ0) is 23.4. The molecule has 0 saturated heterocycles. The third kappa shape index (κ3) is 5.79. The number of rotatable bonds is 9. The van der Waals surface area contributed by atoms with Crippen molar-refractivity contribution in [3.05, 3.63) is 87.6 Å². The Bertz CT molecular complexity index is 1270. The lowest BCUT2D eigenvalue weighted by atomic mass is 10.1. The first-order valence-electron chi connectivity index (χ1n) is 10.2. The summed E-state index contributed by atoms with van der Waals surface area (Å²) in [6, 6.07) is 13.5. The van der Waals surface area contributed by atoms with E-state index in [1.165, 1.54) is 5.56 Å². The molecule has 170 valence electrons. The summed E-state index contributed by atoms with van der Waals surface area (Å²) in [6.45, 7) is 8.44. The number of aryl methyl sites for hydroxylation is 1. The molecule has 1 unspecified atom stereocenters. The van der Waals surface area contributed by atoms with Crippen LogP contribution in [0.5, 0.6) is 5.75 Å². The highest BCUT2D eigenvalue weighted by molar-refractivity contribution is 7.98. The second kappa shape index (κ2) is 10.7. The molecule has 9 heteroatoms. The molecular weight excluding hydrogens is 495 g/mol. The van der Waals surface area contributed by atoms with E-state index < -0.39 is 0 Å². The molecule has 1 atom stereocenters. The summed E-state index contributed by atoms with van der Waals surface area (Å²) < 4.78 is 8.04. The molecule has 4 aromatic rings. The lowest BCUT2D eigenvalue weighted by Gasteiger charge is -2.16. The quantitative estimate of drug-likeness (QED) is 0.169. The summed E-state index contributed by atoms with van der Waals surface area (Å²) in [7, 11) is 0. The van der Waals surface area contributed by atoms with E-state index in [-0.39, 0.29) is 6.10 Å². The lowest BCUT2D eigenvalue weighted by Crippen LogP contribution is -2.12. The monoisotopic (exact) mass is 516 g/mol. The van der Waals surface area contributed by atoms with Gasteiger partial charge in [0.1, 0.15) is 10.8 Å². The average molecular weight is 518 g/mol. The Morgan fingerprint density at radius 2 is 2.06 bits per heavy atom. The number of ether oxygens (including phenoxy) is 1. The number of nitrogens with zero attached hydrogens (tertiary/aromatic N) is 4. The molecule has 0 saturated carbocycles. The van der Waals surface area contributed by atoms with Crippen molar-refractivity contribution in [1.29, 1.82) is 0 Å². The Labute approximate surface area is 211 Å². The van der Waals surface area contributed by atoms with Gasteiger partial charge in [-0.2, -0.15) is 0 Å². The molecule has 0 amide bonds. The smallest absolute Gasteiger partial charge is 0.192 e. The molecule has 0 radical (unpaired) electrons. The highest BCUT2D eigenvalue weighted by Gasteiger charge is 2.20. The van der Waals surface area contributed by atoms with E-state index in [4.69, 9.17) is 32.9 Å². The van der Waals surface area contributed by atoms with E-state index in [0.29, 0.717) is 33.9 Å². The van der Waals surface area contributed by atoms with Crippen LogP contribution >= 0.6 is 46.3 Å². The van der Waals surface area contributed by atoms with Gasteiger partial charge in [-0.05, 0) is 38.1 Å². The maximum absolute atomic E-state index is 6.26. The summed E-state index contributed by atoms with van der Waals surface area (Å²) in [4.78, 5) is 4.80. The molecule has 4 rings (SSSR count). The fourth-order valence-corrected chi connectivity index (χ4v) is 5.47. The molecule has 0 N–H and O–H groups in total. The van der Waals surface area contributed by atoms with E-state index >= 15 is 0 Å². The van der Waals surface area contributed by atoms with E-state index in [9.17, 15) is 0 Å². The normalized spacial score (nSPS) is 12.0. The fraction of sp³-hybridized carbons (Fsp3) is 0.208. The van der Waals surface area contributed by atoms with E-state index in [1.807, 2.05) is 17.6 Å². The summed E-state index contributed by atoms with van der Waals surface area (Å²) in [5.41, 5.74) is 3.37. The van der Waals surface area contributed by atoms with Crippen molar-refractivity contribution in [2.24, 2.45) is 0 Å². The van der Waals surface area contributed by atoms with Crippen molar-refractivity contribution in [3.63, 3.8) is 0 Å². The van der Waals surface area contributed by atoms with Crippen molar-refractivity contribution in [1.82, 2.24) is 19.7 Å². The number of allylic oxidation sites excluding steroid dienone is 1. The van der Waals surface area contributed by atoms with Crippen molar-refractivity contribution in [2.45, 2.75) is 37.4 Å². The molecule has 0 fully saturated rings. The fourth-order valence-electron chi connectivity index (χ4n) is 3.24. The second-order valence-corrected chi connectivity index (χ2v) is 10.0. The summed E-state index contributed by atoms with van der Waals surface area (Å²) in [5, 5.41) is 13.7. The lowest BCUT2D eigenvalue weighted by molar-refractivity contribution is 0.210.